The molecule has 5 rings (SSSR count). The average molecular weight is 571 g/mol. The number of hydrazine groups is 1. The van der Waals surface area contributed by atoms with Crippen molar-refractivity contribution in [2.45, 2.75) is 58.2 Å². The summed E-state index contributed by atoms with van der Waals surface area (Å²) in [5.41, 5.74) is 4.81. The Bertz CT molecular complexity index is 1070. The molecule has 3 saturated heterocycles. The summed E-state index contributed by atoms with van der Waals surface area (Å²) < 4.78 is 6.11. The van der Waals surface area contributed by atoms with Gasteiger partial charge in [-0.3, -0.25) is 25.0 Å². The maximum Gasteiger partial charge on any atom is 0.269 e. The van der Waals surface area contributed by atoms with Gasteiger partial charge in [-0.15, -0.1) is 0 Å². The van der Waals surface area contributed by atoms with Gasteiger partial charge in [0.05, 0.1) is 10.5 Å². The lowest BCUT2D eigenvalue weighted by atomic mass is 10.0. The van der Waals surface area contributed by atoms with Gasteiger partial charge >= 0.3 is 0 Å². The number of hydrogen-bond donors (Lipinski definition) is 1. The molecule has 0 atom stereocenters. The van der Waals surface area contributed by atoms with Crippen LogP contribution < -0.4 is 10.4 Å². The number of nitrogens with one attached hydrogen (secondary N) is 1. The maximum atomic E-state index is 13.2. The zero-order valence-corrected chi connectivity index (χ0v) is 23.3. The molecule has 0 spiro atoms. The Hall–Kier alpha value is -2.58. The predicted molar refractivity (Wildman–Crippen MR) is 146 cm³/mol. The van der Waals surface area contributed by atoms with Gasteiger partial charge in [0, 0.05) is 50.7 Å². The quantitative estimate of drug-likeness (QED) is 0.503. The van der Waals surface area contributed by atoms with Crippen molar-refractivity contribution in [2.24, 2.45) is 0 Å². The molecule has 9 nitrogen and oxygen atoms in total. The van der Waals surface area contributed by atoms with E-state index in [0.29, 0.717) is 35.1 Å². The topological polar surface area (TPSA) is 97.6 Å². The van der Waals surface area contributed by atoms with Crippen molar-refractivity contribution in [3.63, 3.8) is 0 Å². The Morgan fingerprint density at radius 3 is 2.51 bits per heavy atom. The van der Waals surface area contributed by atoms with Gasteiger partial charge in [-0.2, -0.15) is 10.2 Å². The van der Waals surface area contributed by atoms with Crippen molar-refractivity contribution in [3.8, 4) is 6.07 Å². The largest absolute Gasteiger partial charge is 0.381 e. The number of hydrogen-bond acceptors (Lipinski definition) is 8. The van der Waals surface area contributed by atoms with Crippen LogP contribution in [0.25, 0.3) is 0 Å². The number of carbonyl (C=O) groups is 1. The van der Waals surface area contributed by atoms with Crippen molar-refractivity contribution in [2.75, 3.05) is 44.4 Å². The molecule has 1 aromatic carbocycles. The summed E-state index contributed by atoms with van der Waals surface area (Å²) in [6.45, 7) is 10.9. The van der Waals surface area contributed by atoms with Crippen LogP contribution in [0, 0.1) is 11.3 Å². The van der Waals surface area contributed by atoms with Crippen molar-refractivity contribution in [1.29, 1.82) is 5.26 Å². The number of amides is 1. The number of halogens is 1. The summed E-state index contributed by atoms with van der Waals surface area (Å²) in [5, 5.41) is 11.0. The van der Waals surface area contributed by atoms with E-state index in [1.165, 1.54) is 37.7 Å². The second-order valence-electron chi connectivity index (χ2n) is 9.42. The first-order valence-corrected chi connectivity index (χ1v) is 14.1. The third-order valence-electron chi connectivity index (χ3n) is 7.05. The molecule has 2 aromatic rings. The Kier molecular flexibility index (Phi) is 9.86. The van der Waals surface area contributed by atoms with Gasteiger partial charge in [-0.25, -0.2) is 4.98 Å². The second-order valence-corrected chi connectivity index (χ2v) is 10.3. The fourth-order valence-corrected chi connectivity index (χ4v) is 5.43. The standard InChI is InChI=1S/C25H30BrN7O2.C2H6/c26-22-14-28-23(13-27)29-24(22)33(20-7-11-35-12-8-20)30-25(34)19-5-3-18(4-6-19)15-31-16-21(17-31)32-9-1-2-10-32;1-2/h3-6,14,20-21H,1-2,7-12,15-17H2,(H,30,34);1-2H3. The number of likely N-dealkylation sites (tertiary alicyclic amines) is 2. The minimum Gasteiger partial charge on any atom is -0.381 e. The Morgan fingerprint density at radius 1 is 1.19 bits per heavy atom. The van der Waals surface area contributed by atoms with Crippen molar-refractivity contribution >= 4 is 27.7 Å². The summed E-state index contributed by atoms with van der Waals surface area (Å²) in [7, 11) is 0. The fraction of sp³-hybridized carbons (Fsp3) is 0.556. The number of aromatic nitrogens is 2. The van der Waals surface area contributed by atoms with E-state index < -0.39 is 0 Å². The molecular weight excluding hydrogens is 534 g/mol. The lowest BCUT2D eigenvalue weighted by Gasteiger charge is -2.44. The van der Waals surface area contributed by atoms with Crippen molar-refractivity contribution in [3.05, 3.63) is 51.9 Å². The third-order valence-corrected chi connectivity index (χ3v) is 7.61. The molecule has 37 heavy (non-hydrogen) atoms. The maximum absolute atomic E-state index is 13.2. The van der Waals surface area contributed by atoms with E-state index in [2.05, 4.69) is 41.1 Å². The molecule has 0 bridgehead atoms. The zero-order chi connectivity index (χ0) is 26.2. The van der Waals surface area contributed by atoms with Gasteiger partial charge in [-0.1, -0.05) is 26.0 Å². The van der Waals surface area contributed by atoms with Crippen molar-refractivity contribution in [1.82, 2.24) is 25.2 Å². The number of carbonyl (C=O) groups excluding carboxylic acids is 1. The first kappa shape index (κ1) is 27.5. The number of ether oxygens (including phenoxy) is 1. The van der Waals surface area contributed by atoms with Gasteiger partial charge < -0.3 is 4.74 Å². The molecule has 0 saturated carbocycles. The van der Waals surface area contributed by atoms with Crippen LogP contribution in [0.5, 0.6) is 0 Å². The summed E-state index contributed by atoms with van der Waals surface area (Å²) in [5.74, 6) is 0.306. The predicted octanol–water partition coefficient (Wildman–Crippen LogP) is 3.75. The van der Waals surface area contributed by atoms with E-state index in [0.717, 1.165) is 32.5 Å². The van der Waals surface area contributed by atoms with Crippen LogP contribution in [-0.4, -0.2) is 77.2 Å². The smallest absolute Gasteiger partial charge is 0.269 e. The van der Waals surface area contributed by atoms with Crippen molar-refractivity contribution < 1.29 is 9.53 Å². The van der Waals surface area contributed by atoms with Gasteiger partial charge in [0.15, 0.2) is 5.82 Å². The number of benzene rings is 1. The van der Waals surface area contributed by atoms with Crippen LogP contribution in [0.3, 0.4) is 0 Å². The number of rotatable bonds is 7. The highest BCUT2D eigenvalue weighted by Gasteiger charge is 2.33. The highest BCUT2D eigenvalue weighted by atomic mass is 79.9. The number of anilines is 1. The minimum absolute atomic E-state index is 0.000291. The van der Waals surface area contributed by atoms with E-state index in [1.807, 2.05) is 44.2 Å². The summed E-state index contributed by atoms with van der Waals surface area (Å²) in [6, 6.07) is 10.5. The lowest BCUT2D eigenvalue weighted by molar-refractivity contribution is 0.0423. The van der Waals surface area contributed by atoms with Gasteiger partial charge in [0.25, 0.3) is 5.91 Å². The first-order chi connectivity index (χ1) is 18.1. The molecule has 3 aliphatic rings. The molecule has 10 heteroatoms. The Balaban J connectivity index is 0.00000156. The minimum atomic E-state index is -0.217. The third kappa shape index (κ3) is 6.85. The lowest BCUT2D eigenvalue weighted by Crippen LogP contribution is -2.58. The second kappa shape index (κ2) is 13.3. The Morgan fingerprint density at radius 2 is 1.86 bits per heavy atom. The molecule has 4 heterocycles. The van der Waals surface area contributed by atoms with E-state index in [9.17, 15) is 10.1 Å². The molecule has 3 fully saturated rings. The molecular formula is C27H36BrN7O2. The molecule has 3 aliphatic heterocycles. The van der Waals surface area contributed by atoms with Crippen LogP contribution in [0.2, 0.25) is 0 Å². The number of nitriles is 1. The van der Waals surface area contributed by atoms with Crippen LogP contribution in [0.15, 0.2) is 34.9 Å². The van der Waals surface area contributed by atoms with Crippen LogP contribution >= 0.6 is 15.9 Å². The number of nitrogens with zero attached hydrogens (tertiary/aromatic N) is 6. The van der Waals surface area contributed by atoms with E-state index in [1.54, 1.807) is 5.01 Å². The molecule has 0 aliphatic carbocycles. The van der Waals surface area contributed by atoms with E-state index in [4.69, 9.17) is 4.74 Å². The highest BCUT2D eigenvalue weighted by Crippen LogP contribution is 2.27. The van der Waals surface area contributed by atoms with Crippen LogP contribution in [0.4, 0.5) is 5.82 Å². The molecule has 0 radical (unpaired) electrons. The normalized spacial score (nSPS) is 18.9. The van der Waals surface area contributed by atoms with E-state index in [-0.39, 0.29) is 17.8 Å². The Labute approximate surface area is 227 Å². The van der Waals surface area contributed by atoms with Gasteiger partial charge in [-0.05, 0) is 72.4 Å². The summed E-state index contributed by atoms with van der Waals surface area (Å²) >= 11 is 3.48. The van der Waals surface area contributed by atoms with Gasteiger partial charge in [0.1, 0.15) is 6.07 Å². The summed E-state index contributed by atoms with van der Waals surface area (Å²) in [6.07, 6.45) is 5.69. The molecule has 1 N–H and O–H groups in total. The van der Waals surface area contributed by atoms with E-state index >= 15 is 0 Å². The molecule has 0 unspecified atom stereocenters. The molecule has 1 aromatic heterocycles. The van der Waals surface area contributed by atoms with Gasteiger partial charge in [0.2, 0.25) is 5.82 Å². The molecule has 1 amide bonds. The van der Waals surface area contributed by atoms with Crippen LogP contribution in [-0.2, 0) is 11.3 Å². The van der Waals surface area contributed by atoms with Crippen LogP contribution in [0.1, 0.15) is 61.3 Å². The SMILES string of the molecule is CC.N#Cc1ncc(Br)c(N(NC(=O)c2ccc(CN3CC(N4CCCC4)C3)cc2)C2CCOCC2)n1. The first-order valence-electron chi connectivity index (χ1n) is 13.3. The average Bonchev–Trinajstić information content (AvgIpc) is 3.46. The molecule has 198 valence electrons. The fourth-order valence-electron chi connectivity index (χ4n) is 5.04. The highest BCUT2D eigenvalue weighted by molar-refractivity contribution is 9.10. The summed E-state index contributed by atoms with van der Waals surface area (Å²) in [4.78, 5) is 26.6. The zero-order valence-electron chi connectivity index (χ0n) is 21.7. The monoisotopic (exact) mass is 569 g/mol.